The first-order chi connectivity index (χ1) is 62.5. The average molecular weight is 1610 g/mol. The third kappa shape index (κ3) is 10.3. The van der Waals surface area contributed by atoms with Crippen molar-refractivity contribution in [3.63, 3.8) is 0 Å². The van der Waals surface area contributed by atoms with Crippen molar-refractivity contribution in [1.82, 2.24) is 76.9 Å². The number of aromatic nitrogens is 16. The topological polar surface area (TPSA) is 157 Å². The number of pyridine rings is 6. The summed E-state index contributed by atoms with van der Waals surface area (Å²) in [7, 11) is 0. The molecule has 16 heteroatoms. The fraction of sp³-hybridized carbons (Fsp3) is 0. The molecule has 126 heavy (non-hydrogen) atoms. The minimum Gasteiger partial charge on any atom is -0.306 e. The second-order valence-corrected chi connectivity index (χ2v) is 32.4. The van der Waals surface area contributed by atoms with Crippen LogP contribution in [0.15, 0.2) is 390 Å². The van der Waals surface area contributed by atoms with Crippen LogP contribution in [-0.4, -0.2) is 76.9 Å². The summed E-state index contributed by atoms with van der Waals surface area (Å²) in [5, 5.41) is 23.5. The normalized spacial score (nSPS) is 12.1. The van der Waals surface area contributed by atoms with Crippen molar-refractivity contribution in [3.8, 4) is 90.6 Å². The molecule has 0 bridgehead atoms. The zero-order valence-electron chi connectivity index (χ0n) is 67.1. The zero-order valence-corrected chi connectivity index (χ0v) is 67.1. The van der Waals surface area contributed by atoms with Gasteiger partial charge in [-0.2, -0.15) is 0 Å². The van der Waals surface area contributed by atoms with E-state index in [4.69, 9.17) is 49.8 Å². The Kier molecular flexibility index (Phi) is 14.9. The van der Waals surface area contributed by atoms with Gasteiger partial charge in [0, 0.05) is 137 Å². The van der Waals surface area contributed by atoms with Crippen LogP contribution in [0.4, 0.5) is 0 Å². The van der Waals surface area contributed by atoms with Gasteiger partial charge in [-0.15, -0.1) is 0 Å². The number of hydrogen-bond donors (Lipinski definition) is 0. The molecule has 0 unspecified atom stereocenters. The van der Waals surface area contributed by atoms with Crippen molar-refractivity contribution in [2.75, 3.05) is 0 Å². The predicted molar refractivity (Wildman–Crippen MR) is 510 cm³/mol. The molecule has 0 N–H and O–H groups in total. The number of imidazole rings is 2. The molecular weight excluding hydrogens is 1550 g/mol. The van der Waals surface area contributed by atoms with Crippen LogP contribution in [0.25, 0.3) is 254 Å². The first kappa shape index (κ1) is 69.3. The first-order valence-electron chi connectivity index (χ1n) is 42.1. The molecule has 14 aromatic heterocycles. The summed E-state index contributed by atoms with van der Waals surface area (Å²) < 4.78 is 13.2. The summed E-state index contributed by atoms with van der Waals surface area (Å²) in [6, 6.07) is 115. The fourth-order valence-corrected chi connectivity index (χ4v) is 20.1. The smallest absolute Gasteiger partial charge is 0.159 e. The summed E-state index contributed by atoms with van der Waals surface area (Å²) in [5.74, 6) is 1.34. The van der Waals surface area contributed by atoms with E-state index in [1.807, 2.05) is 159 Å². The maximum absolute atomic E-state index is 5.27. The van der Waals surface area contributed by atoms with Gasteiger partial charge in [0.1, 0.15) is 33.9 Å². The van der Waals surface area contributed by atoms with Gasteiger partial charge in [0.2, 0.25) is 0 Å². The van der Waals surface area contributed by atoms with Crippen molar-refractivity contribution in [2.45, 2.75) is 0 Å². The maximum Gasteiger partial charge on any atom is 0.159 e. The highest BCUT2D eigenvalue weighted by molar-refractivity contribution is 6.39. The SMILES string of the molecule is c1ccc(-c2ncc(-n3c4cc5ccc6c7c(ccc(c57)c4c4cccnc43)cc3c6c4cccnc4n3-c3cnc(-c4ccccc4)nc3-c3ccccc3)c(-c3ccccc3)n2)cc1.c1cnc2c(c1)c1c3ccc4cc5c(c6ccc(cc1n2-c1ccc(-c2cn7ccccc7n2)cc1)c3c46)c1cccnc1n5-c1ccc(-c2cn3ccccc3n2)cc1. The van der Waals surface area contributed by atoms with E-state index >= 15 is 0 Å². The number of benzene rings is 14. The maximum atomic E-state index is 5.27. The van der Waals surface area contributed by atoms with Crippen molar-refractivity contribution in [1.29, 1.82) is 0 Å². The van der Waals surface area contributed by atoms with Crippen molar-refractivity contribution < 1.29 is 0 Å². The third-order valence-electron chi connectivity index (χ3n) is 25.5. The number of rotatable bonds is 10. The number of nitrogens with zero attached hydrogens (tertiary/aromatic N) is 16. The minimum absolute atomic E-state index is 0.672. The Hall–Kier alpha value is -17.5. The van der Waals surface area contributed by atoms with Gasteiger partial charge in [-0.25, -0.2) is 49.8 Å². The molecule has 16 nitrogen and oxygen atoms in total. The lowest BCUT2D eigenvalue weighted by molar-refractivity contribution is 1.07. The Labute approximate surface area is 716 Å². The Morgan fingerprint density at radius 3 is 0.857 bits per heavy atom. The minimum atomic E-state index is 0.672. The Morgan fingerprint density at radius 2 is 0.524 bits per heavy atom. The van der Waals surface area contributed by atoms with Crippen LogP contribution in [0.3, 0.4) is 0 Å². The number of fused-ring (bicyclic) bond motifs is 18. The molecule has 0 saturated heterocycles. The first-order valence-corrected chi connectivity index (χ1v) is 42.1. The standard InChI is InChI=1S/C58H34N8.C52H30N8/c1-5-15-35(16-6-1)53-47(33-61-55(63-53)37-19-9-3-10-20-37)65-45-31-39-25-28-42-50-40(26-27-41(49(39)50)51(45)43-23-13-29-59-57(43)65)32-46-52(42)44-24-14-30-60-58(44)66(46)48-34-62-56(38-21-11-4-12-22-38)64-54(48)36-17-7-2-8-18-36;1-3-25-57-29-41(55-45(57)9-1)31-11-17-35(18-12-31)59-43-27-33-15-22-38-48-34(16-21-37(47(33)48)49(43)39-7-5-23-53-51(39)59)28-44-50(38)40-8-6-24-54-52(40)60(44)36-19-13-32(14-20-36)42-30-58-26-4-2-10-46(58)56-42/h1-34H;1-30H. The fourth-order valence-electron chi connectivity index (χ4n) is 20.1. The highest BCUT2D eigenvalue weighted by atomic mass is 15.1. The van der Waals surface area contributed by atoms with Crippen LogP contribution in [0.2, 0.25) is 0 Å². The largest absolute Gasteiger partial charge is 0.306 e. The van der Waals surface area contributed by atoms with Gasteiger partial charge >= 0.3 is 0 Å². The van der Waals surface area contributed by atoms with Gasteiger partial charge in [0.15, 0.2) is 11.6 Å². The molecule has 0 aliphatic heterocycles. The van der Waals surface area contributed by atoms with Crippen LogP contribution in [0.5, 0.6) is 0 Å². The van der Waals surface area contributed by atoms with E-state index in [9.17, 15) is 0 Å². The monoisotopic (exact) mass is 1610 g/mol. The van der Waals surface area contributed by atoms with Crippen LogP contribution in [0, 0.1) is 0 Å². The predicted octanol–water partition coefficient (Wildman–Crippen LogP) is 26.0. The Morgan fingerprint density at radius 1 is 0.214 bits per heavy atom. The van der Waals surface area contributed by atoms with E-state index in [0.717, 1.165) is 189 Å². The third-order valence-corrected chi connectivity index (χ3v) is 25.5. The van der Waals surface area contributed by atoms with E-state index in [1.54, 1.807) is 0 Å². The molecule has 0 atom stereocenters. The quantitative estimate of drug-likeness (QED) is 0.121. The lowest BCUT2D eigenvalue weighted by atomic mass is 9.90. The van der Waals surface area contributed by atoms with Crippen molar-refractivity contribution in [3.05, 3.63) is 390 Å². The molecule has 0 aliphatic rings. The summed E-state index contributed by atoms with van der Waals surface area (Å²) in [4.78, 5) is 50.4. The van der Waals surface area contributed by atoms with E-state index in [1.165, 1.54) is 53.9 Å². The molecule has 14 aromatic carbocycles. The summed E-state index contributed by atoms with van der Waals surface area (Å²) in [6.07, 6.45) is 19.7. The lowest BCUT2D eigenvalue weighted by Crippen LogP contribution is -2.03. The van der Waals surface area contributed by atoms with Crippen molar-refractivity contribution >= 4 is 164 Å². The molecule has 0 saturated carbocycles. The van der Waals surface area contributed by atoms with Gasteiger partial charge in [0.25, 0.3) is 0 Å². The lowest BCUT2D eigenvalue weighted by Gasteiger charge is -2.16. The molecule has 0 aliphatic carbocycles. The number of hydrogen-bond acceptors (Lipinski definition) is 10. The van der Waals surface area contributed by atoms with Gasteiger partial charge in [-0.1, -0.05) is 206 Å². The molecule has 0 spiro atoms. The Bertz CT molecular complexity index is 8730. The molecule has 28 aromatic rings. The van der Waals surface area contributed by atoms with Gasteiger partial charge < -0.3 is 8.80 Å². The molecule has 28 rings (SSSR count). The molecule has 584 valence electrons. The van der Waals surface area contributed by atoms with Gasteiger partial charge in [-0.05, 0) is 186 Å². The molecule has 14 heterocycles. The molecule has 0 radical (unpaired) electrons. The molecule has 0 fully saturated rings. The van der Waals surface area contributed by atoms with E-state index < -0.39 is 0 Å². The second-order valence-electron chi connectivity index (χ2n) is 32.4. The van der Waals surface area contributed by atoms with Crippen LogP contribution in [-0.2, 0) is 0 Å². The summed E-state index contributed by atoms with van der Waals surface area (Å²) >= 11 is 0. The summed E-state index contributed by atoms with van der Waals surface area (Å²) in [6.45, 7) is 0. The highest BCUT2D eigenvalue weighted by Gasteiger charge is 2.29. The van der Waals surface area contributed by atoms with Crippen molar-refractivity contribution in [2.24, 2.45) is 0 Å². The zero-order chi connectivity index (χ0) is 82.3. The van der Waals surface area contributed by atoms with E-state index in [-0.39, 0.29) is 0 Å². The van der Waals surface area contributed by atoms with Crippen LogP contribution in [0.1, 0.15) is 0 Å². The second kappa shape index (κ2) is 27.0. The average Bonchev–Trinajstić information content (AvgIpc) is 1.51. The highest BCUT2D eigenvalue weighted by Crippen LogP contribution is 2.51. The van der Waals surface area contributed by atoms with Crippen LogP contribution >= 0.6 is 0 Å². The van der Waals surface area contributed by atoms with Gasteiger partial charge in [0.05, 0.1) is 68.6 Å². The van der Waals surface area contributed by atoms with Crippen LogP contribution < -0.4 is 0 Å². The Balaban J connectivity index is 0.000000132. The molecular formula is C110H64N16. The van der Waals surface area contributed by atoms with E-state index in [2.05, 4.69) is 258 Å². The van der Waals surface area contributed by atoms with E-state index in [0.29, 0.717) is 11.6 Å². The molecule has 0 amide bonds. The summed E-state index contributed by atoms with van der Waals surface area (Å²) in [5.41, 5.74) is 23.3. The van der Waals surface area contributed by atoms with Gasteiger partial charge in [-0.3, -0.25) is 18.3 Å².